The first-order valence-corrected chi connectivity index (χ1v) is 11.7. The van der Waals surface area contributed by atoms with Crippen LogP contribution in [0.1, 0.15) is 62.8 Å². The fraction of sp³-hybridized carbons (Fsp3) is 0.667. The minimum absolute atomic E-state index is 0.0420. The predicted octanol–water partition coefficient (Wildman–Crippen LogP) is 2.82. The fourth-order valence-corrected chi connectivity index (χ4v) is 5.23. The summed E-state index contributed by atoms with van der Waals surface area (Å²) in [5, 5.41) is 12.9. The van der Waals surface area contributed by atoms with Crippen LogP contribution in [-0.4, -0.2) is 59.8 Å². The van der Waals surface area contributed by atoms with Crippen LogP contribution in [0.25, 0.3) is 0 Å². The van der Waals surface area contributed by atoms with Gasteiger partial charge in [0.25, 0.3) is 0 Å². The number of likely N-dealkylation sites (tertiary alicyclic amines) is 1. The zero-order chi connectivity index (χ0) is 21.4. The maximum Gasteiger partial charge on any atom is 0.225 e. The molecule has 7 nitrogen and oxygen atoms in total. The first kappa shape index (κ1) is 20.8. The van der Waals surface area contributed by atoms with Gasteiger partial charge in [0.2, 0.25) is 11.8 Å². The molecular formula is C24H32N2O5. The Labute approximate surface area is 183 Å². The maximum absolute atomic E-state index is 12.8. The van der Waals surface area contributed by atoms with Crippen molar-refractivity contribution in [3.8, 4) is 5.75 Å². The highest BCUT2D eigenvalue weighted by molar-refractivity contribution is 5.91. The third-order valence-corrected chi connectivity index (χ3v) is 7.07. The largest absolute Gasteiger partial charge is 0.487 e. The number of nitrogens with one attached hydrogen (secondary N) is 1. The number of aliphatic hydroxyl groups excluding tert-OH is 1. The van der Waals surface area contributed by atoms with E-state index in [1.165, 1.54) is 6.42 Å². The molecule has 2 N–H and O–H groups in total. The minimum Gasteiger partial charge on any atom is -0.487 e. The van der Waals surface area contributed by atoms with Crippen molar-refractivity contribution in [3.05, 3.63) is 23.8 Å². The summed E-state index contributed by atoms with van der Waals surface area (Å²) in [6.45, 7) is 1.52. The van der Waals surface area contributed by atoms with E-state index in [9.17, 15) is 14.7 Å². The van der Waals surface area contributed by atoms with E-state index >= 15 is 0 Å². The number of hydrogen-bond donors (Lipinski definition) is 2. The number of carbonyl (C=O) groups excluding carboxylic acids is 2. The Morgan fingerprint density at radius 3 is 2.68 bits per heavy atom. The lowest BCUT2D eigenvalue weighted by Gasteiger charge is -2.38. The van der Waals surface area contributed by atoms with Gasteiger partial charge in [-0.25, -0.2) is 0 Å². The van der Waals surface area contributed by atoms with E-state index in [1.54, 1.807) is 0 Å². The molecule has 3 fully saturated rings. The van der Waals surface area contributed by atoms with Gasteiger partial charge >= 0.3 is 0 Å². The Kier molecular flexibility index (Phi) is 5.89. The number of benzene rings is 1. The number of piperidine rings is 1. The van der Waals surface area contributed by atoms with Crippen LogP contribution >= 0.6 is 0 Å². The number of anilines is 1. The molecule has 1 aliphatic carbocycles. The second-order valence-electron chi connectivity index (χ2n) is 9.50. The number of rotatable bonds is 6. The van der Waals surface area contributed by atoms with Gasteiger partial charge in [-0.2, -0.15) is 0 Å². The zero-order valence-electron chi connectivity index (χ0n) is 17.9. The van der Waals surface area contributed by atoms with Gasteiger partial charge in [0.1, 0.15) is 18.0 Å². The molecule has 0 spiro atoms. The van der Waals surface area contributed by atoms with Crippen LogP contribution in [0.5, 0.6) is 5.75 Å². The van der Waals surface area contributed by atoms with Crippen LogP contribution in [0.2, 0.25) is 0 Å². The van der Waals surface area contributed by atoms with Crippen molar-refractivity contribution in [1.82, 2.24) is 4.90 Å². The summed E-state index contributed by atoms with van der Waals surface area (Å²) in [6, 6.07) is 5.75. The lowest BCUT2D eigenvalue weighted by Crippen LogP contribution is -2.48. The highest BCUT2D eigenvalue weighted by atomic mass is 16.6. The normalized spacial score (nSPS) is 29.6. The smallest absolute Gasteiger partial charge is 0.225 e. The van der Waals surface area contributed by atoms with E-state index in [2.05, 4.69) is 5.32 Å². The molecule has 1 aromatic carbocycles. The summed E-state index contributed by atoms with van der Waals surface area (Å²) in [5.41, 5.74) is 1.81. The number of ether oxygens (including phenoxy) is 2. The van der Waals surface area contributed by atoms with Crippen LogP contribution in [-0.2, 0) is 14.3 Å². The SMILES string of the molecule is O=C(CC1CC1)Nc1ccc2c(c1)[C@@H]1C[C@@H](CC(=O)N3CCCCC3)O[C@H](CO)[C@@H]1O2. The number of hydrogen-bond acceptors (Lipinski definition) is 5. The molecule has 0 bridgehead atoms. The molecule has 31 heavy (non-hydrogen) atoms. The molecule has 0 radical (unpaired) electrons. The molecule has 3 aliphatic heterocycles. The van der Waals surface area contributed by atoms with E-state index < -0.39 is 6.10 Å². The molecule has 5 rings (SSSR count). The maximum atomic E-state index is 12.8. The summed E-state index contributed by atoms with van der Waals surface area (Å²) >= 11 is 0. The van der Waals surface area contributed by atoms with Crippen molar-refractivity contribution in [1.29, 1.82) is 0 Å². The summed E-state index contributed by atoms with van der Waals surface area (Å²) in [6.07, 6.45) is 6.25. The van der Waals surface area contributed by atoms with E-state index in [0.717, 1.165) is 55.8 Å². The number of nitrogens with zero attached hydrogens (tertiary/aromatic N) is 1. The standard InChI is InChI=1S/C24H32N2O5/c27-14-21-24-19(12-17(30-21)13-23(29)26-8-2-1-3-9-26)18-11-16(6-7-20(18)31-24)25-22(28)10-15-4-5-15/h6-7,11,15,17,19,21,24,27H,1-5,8-10,12-14H2,(H,25,28)/t17-,19-,21+,24+/m0/s1. The quantitative estimate of drug-likeness (QED) is 0.728. The van der Waals surface area contributed by atoms with Crippen LogP contribution in [0.15, 0.2) is 18.2 Å². The molecule has 3 heterocycles. The van der Waals surface area contributed by atoms with Crippen LogP contribution in [0, 0.1) is 5.92 Å². The van der Waals surface area contributed by atoms with Crippen molar-refractivity contribution in [2.45, 2.75) is 75.6 Å². The number of carbonyl (C=O) groups is 2. The first-order chi connectivity index (χ1) is 15.1. The van der Waals surface area contributed by atoms with E-state index in [0.29, 0.717) is 25.2 Å². The third-order valence-electron chi connectivity index (χ3n) is 7.07. The molecule has 4 aliphatic rings. The van der Waals surface area contributed by atoms with E-state index in [-0.39, 0.29) is 36.5 Å². The molecular weight excluding hydrogens is 396 g/mol. The lowest BCUT2D eigenvalue weighted by atomic mass is 9.84. The molecule has 2 saturated heterocycles. The second kappa shape index (κ2) is 8.79. The topological polar surface area (TPSA) is 88.1 Å². The summed E-state index contributed by atoms with van der Waals surface area (Å²) in [7, 11) is 0. The Hall–Kier alpha value is -2.12. The van der Waals surface area contributed by atoms with Crippen molar-refractivity contribution in [2.75, 3.05) is 25.0 Å². The van der Waals surface area contributed by atoms with Gasteiger partial charge in [-0.15, -0.1) is 0 Å². The molecule has 2 amide bonds. The highest BCUT2D eigenvalue weighted by Crippen LogP contribution is 2.47. The van der Waals surface area contributed by atoms with Crippen molar-refractivity contribution in [2.24, 2.45) is 5.92 Å². The third kappa shape index (κ3) is 4.58. The van der Waals surface area contributed by atoms with Gasteiger partial charge in [-0.3, -0.25) is 9.59 Å². The number of amides is 2. The van der Waals surface area contributed by atoms with Crippen molar-refractivity contribution >= 4 is 17.5 Å². The Morgan fingerprint density at radius 2 is 1.94 bits per heavy atom. The molecule has 4 atom stereocenters. The van der Waals surface area contributed by atoms with Gasteiger partial charge in [-0.05, 0) is 62.6 Å². The van der Waals surface area contributed by atoms with Crippen LogP contribution in [0.3, 0.4) is 0 Å². The van der Waals surface area contributed by atoms with Gasteiger partial charge in [0.15, 0.2) is 0 Å². The summed E-state index contributed by atoms with van der Waals surface area (Å²) < 4.78 is 12.2. The molecule has 1 saturated carbocycles. The van der Waals surface area contributed by atoms with Crippen molar-refractivity contribution in [3.63, 3.8) is 0 Å². The average Bonchev–Trinajstić information content (AvgIpc) is 3.52. The first-order valence-electron chi connectivity index (χ1n) is 11.7. The summed E-state index contributed by atoms with van der Waals surface area (Å²) in [4.78, 5) is 26.9. The Balaban J connectivity index is 1.28. The van der Waals surface area contributed by atoms with E-state index in [4.69, 9.17) is 9.47 Å². The number of fused-ring (bicyclic) bond motifs is 3. The van der Waals surface area contributed by atoms with Gasteiger partial charge in [0, 0.05) is 36.7 Å². The molecule has 0 aromatic heterocycles. The average molecular weight is 429 g/mol. The second-order valence-corrected chi connectivity index (χ2v) is 9.50. The predicted molar refractivity (Wildman–Crippen MR) is 115 cm³/mol. The highest BCUT2D eigenvalue weighted by Gasteiger charge is 2.46. The summed E-state index contributed by atoms with van der Waals surface area (Å²) in [5.74, 6) is 1.56. The fourth-order valence-electron chi connectivity index (χ4n) is 5.23. The molecule has 168 valence electrons. The zero-order valence-corrected chi connectivity index (χ0v) is 17.9. The minimum atomic E-state index is -0.460. The molecule has 7 heteroatoms. The van der Waals surface area contributed by atoms with Crippen LogP contribution in [0.4, 0.5) is 5.69 Å². The Bertz CT molecular complexity index is 833. The monoisotopic (exact) mass is 428 g/mol. The van der Waals surface area contributed by atoms with Gasteiger partial charge < -0.3 is 24.8 Å². The Morgan fingerprint density at radius 1 is 1.13 bits per heavy atom. The number of aliphatic hydroxyl groups is 1. The molecule has 0 unspecified atom stereocenters. The molecule has 1 aromatic rings. The van der Waals surface area contributed by atoms with Gasteiger partial charge in [-0.1, -0.05) is 0 Å². The van der Waals surface area contributed by atoms with Gasteiger partial charge in [0.05, 0.1) is 19.1 Å². The van der Waals surface area contributed by atoms with Crippen LogP contribution < -0.4 is 10.1 Å². The van der Waals surface area contributed by atoms with Crippen molar-refractivity contribution < 1.29 is 24.2 Å². The van der Waals surface area contributed by atoms with E-state index in [1.807, 2.05) is 23.1 Å². The lowest BCUT2D eigenvalue weighted by molar-refractivity contribution is -0.149.